The van der Waals surface area contributed by atoms with E-state index in [1.54, 1.807) is 33.2 Å². The molecule has 1 aliphatic heterocycles. The van der Waals surface area contributed by atoms with Gasteiger partial charge >= 0.3 is 6.03 Å². The van der Waals surface area contributed by atoms with Gasteiger partial charge in [0.15, 0.2) is 0 Å². The van der Waals surface area contributed by atoms with Crippen molar-refractivity contribution in [2.45, 2.75) is 44.2 Å². The Labute approximate surface area is 197 Å². The monoisotopic (exact) mass is 481 g/mol. The highest BCUT2D eigenvalue weighted by molar-refractivity contribution is 7.89. The smallest absolute Gasteiger partial charge is 0.317 e. The van der Waals surface area contributed by atoms with Crippen LogP contribution in [0.25, 0.3) is 0 Å². The molecule has 0 saturated heterocycles. The van der Waals surface area contributed by atoms with Gasteiger partial charge < -0.3 is 24.8 Å². The maximum atomic E-state index is 13.5. The van der Waals surface area contributed by atoms with Crippen LogP contribution in [-0.4, -0.2) is 87.9 Å². The molecule has 0 bridgehead atoms. The molecule has 0 saturated carbocycles. The molecule has 0 aromatic heterocycles. The standard InChI is InChI=1S/C23H35N3O6S/c1-6-11-24-23(28)25(4)15-21-17(2)14-26(18(3)16-27)33(29,30)22-10-9-19(8-7-12-31-5)13-20(22)32-21/h9-10,13,17-18,21,27H,6,11-12,14-16H2,1-5H3,(H,24,28)/t17-,18-,21-/m0/s1. The fourth-order valence-corrected chi connectivity index (χ4v) is 5.28. The van der Waals surface area contributed by atoms with E-state index in [0.717, 1.165) is 6.42 Å². The zero-order valence-corrected chi connectivity index (χ0v) is 20.8. The first-order chi connectivity index (χ1) is 15.6. The highest BCUT2D eigenvalue weighted by Crippen LogP contribution is 2.34. The van der Waals surface area contributed by atoms with Crippen molar-refractivity contribution in [2.75, 3.05) is 47.0 Å². The number of hydrogen-bond donors (Lipinski definition) is 2. The lowest BCUT2D eigenvalue weighted by Gasteiger charge is -2.37. The van der Waals surface area contributed by atoms with E-state index in [9.17, 15) is 18.3 Å². The molecule has 10 heteroatoms. The molecule has 2 rings (SSSR count). The van der Waals surface area contributed by atoms with Crippen LogP contribution in [0.2, 0.25) is 0 Å². The van der Waals surface area contributed by atoms with E-state index in [4.69, 9.17) is 9.47 Å². The zero-order chi connectivity index (χ0) is 24.6. The van der Waals surface area contributed by atoms with Crippen LogP contribution >= 0.6 is 0 Å². The molecule has 3 atom stereocenters. The number of benzene rings is 1. The third kappa shape index (κ3) is 6.84. The van der Waals surface area contributed by atoms with Gasteiger partial charge in [0.2, 0.25) is 10.0 Å². The van der Waals surface area contributed by atoms with E-state index in [0.29, 0.717) is 12.1 Å². The van der Waals surface area contributed by atoms with E-state index in [-0.39, 0.29) is 48.9 Å². The van der Waals surface area contributed by atoms with Crippen LogP contribution < -0.4 is 10.1 Å². The lowest BCUT2D eigenvalue weighted by molar-refractivity contribution is 0.0812. The second-order valence-electron chi connectivity index (χ2n) is 8.25. The van der Waals surface area contributed by atoms with E-state index in [1.807, 2.05) is 13.8 Å². The Balaban J connectivity index is 2.48. The molecule has 9 nitrogen and oxygen atoms in total. The molecule has 33 heavy (non-hydrogen) atoms. The van der Waals surface area contributed by atoms with Gasteiger partial charge in [-0.05, 0) is 31.5 Å². The fraction of sp³-hybridized carbons (Fsp3) is 0.609. The number of sulfonamides is 1. The highest BCUT2D eigenvalue weighted by Gasteiger charge is 2.38. The van der Waals surface area contributed by atoms with Crippen LogP contribution in [0, 0.1) is 17.8 Å². The molecule has 2 N–H and O–H groups in total. The Morgan fingerprint density at radius 1 is 1.45 bits per heavy atom. The van der Waals surface area contributed by atoms with Gasteiger partial charge in [0.1, 0.15) is 23.4 Å². The Morgan fingerprint density at radius 3 is 2.82 bits per heavy atom. The number of fused-ring (bicyclic) bond motifs is 1. The van der Waals surface area contributed by atoms with Crippen molar-refractivity contribution >= 4 is 16.1 Å². The number of methoxy groups -OCH3 is 1. The van der Waals surface area contributed by atoms with Crippen molar-refractivity contribution in [1.82, 2.24) is 14.5 Å². The summed E-state index contributed by atoms with van der Waals surface area (Å²) < 4.78 is 39.4. The van der Waals surface area contributed by atoms with Crippen LogP contribution in [0.1, 0.15) is 32.8 Å². The maximum absolute atomic E-state index is 13.5. The first-order valence-electron chi connectivity index (χ1n) is 11.1. The molecule has 0 radical (unpaired) electrons. The maximum Gasteiger partial charge on any atom is 0.317 e. The lowest BCUT2D eigenvalue weighted by atomic mass is 10.0. The summed E-state index contributed by atoms with van der Waals surface area (Å²) in [6.45, 7) is 6.42. The largest absolute Gasteiger partial charge is 0.487 e. The summed E-state index contributed by atoms with van der Waals surface area (Å²) in [6.07, 6.45) is 0.342. The average molecular weight is 482 g/mol. The number of amides is 2. The summed E-state index contributed by atoms with van der Waals surface area (Å²) in [4.78, 5) is 13.9. The van der Waals surface area contributed by atoms with Crippen LogP contribution in [-0.2, 0) is 14.8 Å². The highest BCUT2D eigenvalue weighted by atomic mass is 32.2. The number of hydrogen-bond acceptors (Lipinski definition) is 6. The lowest BCUT2D eigenvalue weighted by Crippen LogP contribution is -2.51. The van der Waals surface area contributed by atoms with Crippen LogP contribution in [0.3, 0.4) is 0 Å². The van der Waals surface area contributed by atoms with Gasteiger partial charge in [0.05, 0.1) is 13.2 Å². The minimum absolute atomic E-state index is 0.00933. The summed E-state index contributed by atoms with van der Waals surface area (Å²) >= 11 is 0. The van der Waals surface area contributed by atoms with Crippen molar-refractivity contribution in [1.29, 1.82) is 0 Å². The molecule has 0 spiro atoms. The van der Waals surface area contributed by atoms with Gasteiger partial charge in [0.25, 0.3) is 0 Å². The summed E-state index contributed by atoms with van der Waals surface area (Å²) in [6, 6.07) is 3.86. The number of likely N-dealkylation sites (N-methyl/N-ethyl adjacent to an activating group) is 1. The number of carbonyl (C=O) groups excluding carboxylic acids is 1. The van der Waals surface area contributed by atoms with Crippen LogP contribution in [0.4, 0.5) is 4.79 Å². The van der Waals surface area contributed by atoms with E-state index < -0.39 is 22.2 Å². The van der Waals surface area contributed by atoms with Crippen LogP contribution in [0.15, 0.2) is 23.1 Å². The Morgan fingerprint density at radius 2 is 2.18 bits per heavy atom. The third-order valence-corrected chi connectivity index (χ3v) is 7.46. The van der Waals surface area contributed by atoms with Gasteiger partial charge in [-0.1, -0.05) is 25.7 Å². The topological polar surface area (TPSA) is 108 Å². The molecule has 1 aromatic carbocycles. The molecule has 1 heterocycles. The number of aliphatic hydroxyl groups is 1. The molecule has 1 aliphatic rings. The quantitative estimate of drug-likeness (QED) is 0.572. The molecule has 184 valence electrons. The van der Waals surface area contributed by atoms with Crippen molar-refractivity contribution in [3.05, 3.63) is 23.8 Å². The Bertz CT molecular complexity index is 972. The number of urea groups is 1. The third-order valence-electron chi connectivity index (χ3n) is 5.44. The Kier molecular flexibility index (Phi) is 9.98. The van der Waals surface area contributed by atoms with Gasteiger partial charge in [0, 0.05) is 44.8 Å². The summed E-state index contributed by atoms with van der Waals surface area (Å²) in [5.74, 6) is 5.70. The zero-order valence-electron chi connectivity index (χ0n) is 20.0. The normalized spacial score (nSPS) is 20.8. The summed E-state index contributed by atoms with van der Waals surface area (Å²) in [7, 11) is -0.705. The summed E-state index contributed by atoms with van der Waals surface area (Å²) in [5.41, 5.74) is 0.587. The number of nitrogens with zero attached hydrogens (tertiary/aromatic N) is 2. The SMILES string of the molecule is CCCNC(=O)N(C)C[C@@H]1Oc2cc(C#CCOC)ccc2S(=O)(=O)N([C@@H](C)CO)C[C@@H]1C. The van der Waals surface area contributed by atoms with Crippen molar-refractivity contribution in [3.8, 4) is 17.6 Å². The second-order valence-corrected chi connectivity index (χ2v) is 10.1. The van der Waals surface area contributed by atoms with E-state index in [2.05, 4.69) is 17.2 Å². The minimum Gasteiger partial charge on any atom is -0.487 e. The van der Waals surface area contributed by atoms with Gasteiger partial charge in [-0.25, -0.2) is 13.2 Å². The predicted octanol–water partition coefficient (Wildman–Crippen LogP) is 1.50. The van der Waals surface area contributed by atoms with Crippen molar-refractivity contribution in [2.24, 2.45) is 5.92 Å². The number of nitrogens with one attached hydrogen (secondary N) is 1. The molecule has 0 unspecified atom stereocenters. The molecular formula is C23H35N3O6S. The first-order valence-corrected chi connectivity index (χ1v) is 12.5. The Hall–Kier alpha value is -2.32. The summed E-state index contributed by atoms with van der Waals surface area (Å²) in [5, 5.41) is 12.6. The van der Waals surface area contributed by atoms with E-state index >= 15 is 0 Å². The van der Waals surface area contributed by atoms with Gasteiger partial charge in [-0.15, -0.1) is 0 Å². The number of ether oxygens (including phenoxy) is 2. The number of carbonyl (C=O) groups is 1. The predicted molar refractivity (Wildman–Crippen MR) is 126 cm³/mol. The van der Waals surface area contributed by atoms with E-state index in [1.165, 1.54) is 15.3 Å². The number of rotatable bonds is 7. The van der Waals surface area contributed by atoms with Crippen molar-refractivity contribution < 1.29 is 27.8 Å². The molecule has 2 amide bonds. The molecule has 0 aliphatic carbocycles. The minimum atomic E-state index is -3.93. The van der Waals surface area contributed by atoms with Crippen molar-refractivity contribution in [3.63, 3.8) is 0 Å². The molecule has 1 aromatic rings. The number of aliphatic hydroxyl groups excluding tert-OH is 1. The van der Waals surface area contributed by atoms with Gasteiger partial charge in [-0.2, -0.15) is 4.31 Å². The second kappa shape index (κ2) is 12.2. The molecular weight excluding hydrogens is 446 g/mol. The average Bonchev–Trinajstić information content (AvgIpc) is 2.79. The first kappa shape index (κ1) is 26.9. The van der Waals surface area contributed by atoms with Gasteiger partial charge in [-0.3, -0.25) is 0 Å². The molecule has 0 fully saturated rings. The van der Waals surface area contributed by atoms with Crippen LogP contribution in [0.5, 0.6) is 5.75 Å². The fourth-order valence-electron chi connectivity index (χ4n) is 3.45.